The number of phenolic OH excluding ortho intramolecular Hbond substituents is 1. The lowest BCUT2D eigenvalue weighted by atomic mass is 10.2. The van der Waals surface area contributed by atoms with Gasteiger partial charge in [0.25, 0.3) is 0 Å². The minimum atomic E-state index is 0.247. The van der Waals surface area contributed by atoms with Crippen LogP contribution >= 0.6 is 15.9 Å². The van der Waals surface area contributed by atoms with E-state index in [0.29, 0.717) is 12.4 Å². The number of benzene rings is 2. The molecule has 3 heteroatoms. The van der Waals surface area contributed by atoms with Crippen LogP contribution in [0, 0.1) is 6.92 Å². The Morgan fingerprint density at radius 2 is 1.88 bits per heavy atom. The second-order valence-electron chi connectivity index (χ2n) is 3.84. The normalized spacial score (nSPS) is 10.2. The van der Waals surface area contributed by atoms with Crippen LogP contribution in [0.5, 0.6) is 11.5 Å². The maximum atomic E-state index is 9.62. The molecule has 0 heterocycles. The highest BCUT2D eigenvalue weighted by molar-refractivity contribution is 9.10. The summed E-state index contributed by atoms with van der Waals surface area (Å²) in [4.78, 5) is 0. The lowest BCUT2D eigenvalue weighted by molar-refractivity contribution is 0.302. The lowest BCUT2D eigenvalue weighted by Crippen LogP contribution is -1.96. The molecule has 0 saturated carbocycles. The molecular weight excluding hydrogens is 280 g/mol. The lowest BCUT2D eigenvalue weighted by Gasteiger charge is -2.10. The number of aryl methyl sites for hydroxylation is 1. The van der Waals surface area contributed by atoms with Crippen LogP contribution in [-0.2, 0) is 6.61 Å². The highest BCUT2D eigenvalue weighted by atomic mass is 79.9. The molecule has 0 aliphatic heterocycles. The van der Waals surface area contributed by atoms with Crippen molar-refractivity contribution in [1.82, 2.24) is 0 Å². The summed E-state index contributed by atoms with van der Waals surface area (Å²) in [5.74, 6) is 0.896. The molecule has 0 aliphatic carbocycles. The Labute approximate surface area is 109 Å². The maximum Gasteiger partial charge on any atom is 0.137 e. The van der Waals surface area contributed by atoms with Gasteiger partial charge in [-0.15, -0.1) is 0 Å². The van der Waals surface area contributed by atoms with Gasteiger partial charge in [0.05, 0.1) is 4.47 Å². The summed E-state index contributed by atoms with van der Waals surface area (Å²) < 4.78 is 6.50. The van der Waals surface area contributed by atoms with Crippen molar-refractivity contribution >= 4 is 15.9 Å². The van der Waals surface area contributed by atoms with E-state index in [9.17, 15) is 5.11 Å². The van der Waals surface area contributed by atoms with Gasteiger partial charge in [-0.3, -0.25) is 0 Å². The molecule has 0 bridgehead atoms. The molecule has 0 saturated heterocycles. The zero-order valence-corrected chi connectivity index (χ0v) is 11.1. The van der Waals surface area contributed by atoms with E-state index >= 15 is 0 Å². The predicted octanol–water partition coefficient (Wildman–Crippen LogP) is 4.04. The Kier molecular flexibility index (Phi) is 3.69. The van der Waals surface area contributed by atoms with Crippen molar-refractivity contribution in [2.45, 2.75) is 13.5 Å². The molecule has 2 aromatic carbocycles. The van der Waals surface area contributed by atoms with Crippen molar-refractivity contribution in [3.8, 4) is 11.5 Å². The highest BCUT2D eigenvalue weighted by Crippen LogP contribution is 2.32. The zero-order valence-electron chi connectivity index (χ0n) is 9.48. The summed E-state index contributed by atoms with van der Waals surface area (Å²) in [6, 6.07) is 13.4. The number of rotatable bonds is 3. The van der Waals surface area contributed by atoms with Crippen LogP contribution in [0.15, 0.2) is 46.9 Å². The van der Waals surface area contributed by atoms with E-state index in [1.165, 1.54) is 0 Å². The van der Waals surface area contributed by atoms with E-state index in [1.54, 1.807) is 6.07 Å². The van der Waals surface area contributed by atoms with Crippen molar-refractivity contribution in [3.05, 3.63) is 58.1 Å². The quantitative estimate of drug-likeness (QED) is 0.925. The molecule has 0 unspecified atom stereocenters. The van der Waals surface area contributed by atoms with Gasteiger partial charge in [-0.05, 0) is 40.0 Å². The predicted molar refractivity (Wildman–Crippen MR) is 71.3 cm³/mol. The van der Waals surface area contributed by atoms with Crippen LogP contribution in [0.4, 0.5) is 0 Å². The van der Waals surface area contributed by atoms with Gasteiger partial charge in [0.1, 0.15) is 18.1 Å². The van der Waals surface area contributed by atoms with E-state index in [4.69, 9.17) is 4.74 Å². The van der Waals surface area contributed by atoms with Crippen molar-refractivity contribution in [2.75, 3.05) is 0 Å². The summed E-state index contributed by atoms with van der Waals surface area (Å²) in [6.45, 7) is 2.34. The molecular formula is C14H13BrO2. The molecule has 2 nitrogen and oxygen atoms in total. The molecule has 2 aromatic rings. The number of phenols is 1. The van der Waals surface area contributed by atoms with Gasteiger partial charge in [-0.25, -0.2) is 0 Å². The first kappa shape index (κ1) is 12.0. The highest BCUT2D eigenvalue weighted by Gasteiger charge is 2.06. The zero-order chi connectivity index (χ0) is 12.3. The van der Waals surface area contributed by atoms with Gasteiger partial charge in [-0.1, -0.05) is 30.3 Å². The number of halogens is 1. The molecule has 17 heavy (non-hydrogen) atoms. The molecule has 2 rings (SSSR count). The molecule has 0 aromatic heterocycles. The molecule has 0 atom stereocenters. The summed E-state index contributed by atoms with van der Waals surface area (Å²) in [5.41, 5.74) is 1.92. The fourth-order valence-electron chi connectivity index (χ4n) is 1.49. The number of hydrogen-bond donors (Lipinski definition) is 1. The van der Waals surface area contributed by atoms with Crippen LogP contribution < -0.4 is 4.74 Å². The minimum Gasteiger partial charge on any atom is -0.508 e. The second kappa shape index (κ2) is 5.23. The van der Waals surface area contributed by atoms with Gasteiger partial charge in [0, 0.05) is 6.07 Å². The topological polar surface area (TPSA) is 29.5 Å². The SMILES string of the molecule is Cc1cc(Br)c(OCc2ccccc2)cc1O. The molecule has 0 amide bonds. The van der Waals surface area contributed by atoms with E-state index < -0.39 is 0 Å². The molecule has 1 N–H and O–H groups in total. The maximum absolute atomic E-state index is 9.62. The van der Waals surface area contributed by atoms with Crippen LogP contribution in [-0.4, -0.2) is 5.11 Å². The standard InChI is InChI=1S/C14H13BrO2/c1-10-7-12(15)14(8-13(10)16)17-9-11-5-3-2-4-6-11/h2-8,16H,9H2,1H3. The number of aromatic hydroxyl groups is 1. The summed E-state index contributed by atoms with van der Waals surface area (Å²) in [6.07, 6.45) is 0. The Morgan fingerprint density at radius 3 is 2.59 bits per heavy atom. The first-order valence-electron chi connectivity index (χ1n) is 5.32. The fraction of sp³-hybridized carbons (Fsp3) is 0.143. The molecule has 0 fully saturated rings. The first-order chi connectivity index (χ1) is 8.16. The molecule has 0 spiro atoms. The number of hydrogen-bond acceptors (Lipinski definition) is 2. The summed E-state index contributed by atoms with van der Waals surface area (Å²) >= 11 is 3.42. The first-order valence-corrected chi connectivity index (χ1v) is 6.12. The average molecular weight is 293 g/mol. The Bertz CT molecular complexity index is 509. The van der Waals surface area contributed by atoms with Crippen LogP contribution in [0.1, 0.15) is 11.1 Å². The van der Waals surface area contributed by atoms with Gasteiger partial charge >= 0.3 is 0 Å². The van der Waals surface area contributed by atoms with Crippen molar-refractivity contribution in [3.63, 3.8) is 0 Å². The monoisotopic (exact) mass is 292 g/mol. The largest absolute Gasteiger partial charge is 0.508 e. The van der Waals surface area contributed by atoms with E-state index in [-0.39, 0.29) is 5.75 Å². The van der Waals surface area contributed by atoms with E-state index in [2.05, 4.69) is 15.9 Å². The molecule has 0 radical (unpaired) electrons. The van der Waals surface area contributed by atoms with Gasteiger partial charge in [-0.2, -0.15) is 0 Å². The van der Waals surface area contributed by atoms with Crippen LogP contribution in [0.25, 0.3) is 0 Å². The average Bonchev–Trinajstić information content (AvgIpc) is 2.33. The third kappa shape index (κ3) is 3.01. The third-order valence-corrected chi connectivity index (χ3v) is 3.11. The van der Waals surface area contributed by atoms with Crippen molar-refractivity contribution in [2.24, 2.45) is 0 Å². The Balaban J connectivity index is 2.12. The third-order valence-electron chi connectivity index (χ3n) is 2.49. The van der Waals surface area contributed by atoms with Crippen molar-refractivity contribution in [1.29, 1.82) is 0 Å². The smallest absolute Gasteiger partial charge is 0.137 e. The minimum absolute atomic E-state index is 0.247. The summed E-state index contributed by atoms with van der Waals surface area (Å²) in [7, 11) is 0. The van der Waals surface area contributed by atoms with Gasteiger partial charge in [0.2, 0.25) is 0 Å². The molecule has 0 aliphatic rings. The Morgan fingerprint density at radius 1 is 1.18 bits per heavy atom. The van der Waals surface area contributed by atoms with Crippen molar-refractivity contribution < 1.29 is 9.84 Å². The number of ether oxygens (including phenoxy) is 1. The van der Waals surface area contributed by atoms with Gasteiger partial charge in [0.15, 0.2) is 0 Å². The molecule has 88 valence electrons. The Hall–Kier alpha value is -1.48. The van der Waals surface area contributed by atoms with E-state index in [0.717, 1.165) is 15.6 Å². The summed E-state index contributed by atoms with van der Waals surface area (Å²) in [5, 5.41) is 9.62. The van der Waals surface area contributed by atoms with E-state index in [1.807, 2.05) is 43.3 Å². The fourth-order valence-corrected chi connectivity index (χ4v) is 2.06. The van der Waals surface area contributed by atoms with Gasteiger partial charge < -0.3 is 9.84 Å². The second-order valence-corrected chi connectivity index (χ2v) is 4.70. The van der Waals surface area contributed by atoms with Crippen LogP contribution in [0.2, 0.25) is 0 Å². The van der Waals surface area contributed by atoms with Crippen LogP contribution in [0.3, 0.4) is 0 Å².